The van der Waals surface area contributed by atoms with E-state index in [9.17, 15) is 9.18 Å². The summed E-state index contributed by atoms with van der Waals surface area (Å²) < 4.78 is 12.8. The van der Waals surface area contributed by atoms with Crippen LogP contribution >= 0.6 is 11.8 Å². The van der Waals surface area contributed by atoms with Crippen molar-refractivity contribution in [3.63, 3.8) is 0 Å². The monoisotopic (exact) mass is 410 g/mol. The Morgan fingerprint density at radius 1 is 1.03 bits per heavy atom. The van der Waals surface area contributed by atoms with Crippen LogP contribution in [0.3, 0.4) is 0 Å². The van der Waals surface area contributed by atoms with Crippen molar-refractivity contribution >= 4 is 23.4 Å². The number of carboxylic acids is 1. The summed E-state index contributed by atoms with van der Waals surface area (Å²) in [7, 11) is 1.66. The Labute approximate surface area is 174 Å². The van der Waals surface area contributed by atoms with Gasteiger partial charge in [-0.2, -0.15) is 0 Å². The van der Waals surface area contributed by atoms with Crippen LogP contribution in [0.5, 0.6) is 0 Å². The van der Waals surface area contributed by atoms with Gasteiger partial charge in [0.15, 0.2) is 0 Å². The molecule has 0 fully saturated rings. The van der Waals surface area contributed by atoms with E-state index in [1.807, 2.05) is 12.1 Å². The number of carboxylic acid groups (broad SMARTS) is 1. The normalized spacial score (nSPS) is 12.3. The fourth-order valence-electron chi connectivity index (χ4n) is 3.19. The minimum absolute atomic E-state index is 0.176. The first-order chi connectivity index (χ1) is 14.1. The van der Waals surface area contributed by atoms with Crippen LogP contribution in [-0.2, 0) is 12.8 Å². The topological polar surface area (TPSA) is 62.2 Å². The maximum absolute atomic E-state index is 12.8. The van der Waals surface area contributed by atoms with Crippen molar-refractivity contribution in [1.29, 1.82) is 0 Å². The first-order valence-corrected chi connectivity index (χ1v) is 10.3. The first kappa shape index (κ1) is 20.9. The van der Waals surface area contributed by atoms with Crippen molar-refractivity contribution in [2.24, 2.45) is 0 Å². The van der Waals surface area contributed by atoms with Gasteiger partial charge in [-0.15, -0.1) is 0 Å². The van der Waals surface area contributed by atoms with Gasteiger partial charge >= 0.3 is 5.97 Å². The molecule has 0 aliphatic heterocycles. The van der Waals surface area contributed by atoms with Gasteiger partial charge in [-0.1, -0.05) is 17.8 Å². The molecule has 150 valence electrons. The van der Waals surface area contributed by atoms with Gasteiger partial charge in [0.2, 0.25) is 0 Å². The lowest BCUT2D eigenvalue weighted by molar-refractivity contribution is 0.0698. The third-order valence-corrected chi connectivity index (χ3v) is 5.69. The van der Waals surface area contributed by atoms with Gasteiger partial charge in [0.25, 0.3) is 0 Å². The largest absolute Gasteiger partial charge is 0.478 e. The Kier molecular flexibility index (Phi) is 7.25. The molecule has 0 bridgehead atoms. The highest BCUT2D eigenvalue weighted by atomic mass is 32.2. The molecule has 0 saturated carbocycles. The summed E-state index contributed by atoms with van der Waals surface area (Å²) in [5.74, 6) is -1.12. The van der Waals surface area contributed by atoms with Crippen LogP contribution in [0.4, 0.5) is 10.1 Å². The number of anilines is 1. The number of aromatic nitrogens is 1. The lowest BCUT2D eigenvalue weighted by atomic mass is 9.92. The predicted molar refractivity (Wildman–Crippen MR) is 114 cm³/mol. The Balaban J connectivity index is 0.000000188. The number of fused-ring (bicyclic) bond motifs is 1. The molecule has 29 heavy (non-hydrogen) atoms. The zero-order valence-corrected chi connectivity index (χ0v) is 17.0. The average Bonchev–Trinajstić information content (AvgIpc) is 2.75. The fraction of sp³-hybridized carbons (Fsp3) is 0.217. The molecule has 0 amide bonds. The number of hydrogen-bond acceptors (Lipinski definition) is 4. The van der Waals surface area contributed by atoms with Crippen molar-refractivity contribution in [3.8, 4) is 0 Å². The number of pyridine rings is 1. The molecule has 4 rings (SSSR count). The minimum Gasteiger partial charge on any atom is -0.478 e. The fourth-order valence-corrected chi connectivity index (χ4v) is 4.07. The van der Waals surface area contributed by atoms with Gasteiger partial charge in [-0.05, 0) is 79.3 Å². The number of benzene rings is 2. The second kappa shape index (κ2) is 10.1. The van der Waals surface area contributed by atoms with E-state index in [1.54, 1.807) is 18.8 Å². The molecule has 0 saturated heterocycles. The molecule has 0 spiro atoms. The van der Waals surface area contributed by atoms with Gasteiger partial charge in [-0.25, -0.2) is 9.18 Å². The van der Waals surface area contributed by atoms with Crippen LogP contribution in [0.25, 0.3) is 0 Å². The van der Waals surface area contributed by atoms with Crippen LogP contribution < -0.4 is 5.32 Å². The van der Waals surface area contributed by atoms with Crippen molar-refractivity contribution in [3.05, 3.63) is 83.4 Å². The van der Waals surface area contributed by atoms with Crippen LogP contribution in [0.15, 0.2) is 70.7 Å². The Hall–Kier alpha value is -2.86. The van der Waals surface area contributed by atoms with Crippen LogP contribution in [-0.4, -0.2) is 23.1 Å². The van der Waals surface area contributed by atoms with E-state index >= 15 is 0 Å². The maximum atomic E-state index is 12.8. The zero-order chi connectivity index (χ0) is 20.6. The molecule has 0 unspecified atom stereocenters. The molecule has 4 nitrogen and oxygen atoms in total. The Morgan fingerprint density at radius 3 is 2.38 bits per heavy atom. The summed E-state index contributed by atoms with van der Waals surface area (Å²) in [6.07, 6.45) is 7.97. The van der Waals surface area contributed by atoms with E-state index in [0.717, 1.165) is 4.90 Å². The number of aryl methyl sites for hydroxylation is 2. The number of halogens is 1. The molecule has 2 aromatic carbocycles. The summed E-state index contributed by atoms with van der Waals surface area (Å²) in [5, 5.41) is 11.4. The maximum Gasteiger partial charge on any atom is 0.337 e. The highest BCUT2D eigenvalue weighted by Crippen LogP contribution is 2.31. The number of aromatic carboxylic acids is 1. The molecule has 3 aromatic rings. The van der Waals surface area contributed by atoms with E-state index in [4.69, 9.17) is 5.11 Å². The van der Waals surface area contributed by atoms with Crippen molar-refractivity contribution in [2.45, 2.75) is 35.5 Å². The number of nitrogens with zero attached hydrogens (tertiary/aromatic N) is 1. The summed E-state index contributed by atoms with van der Waals surface area (Å²) in [4.78, 5) is 16.6. The number of hydrogen-bond donors (Lipinski definition) is 2. The average molecular weight is 411 g/mol. The molecule has 1 aromatic heterocycles. The third kappa shape index (κ3) is 5.81. The molecule has 2 N–H and O–H groups in total. The lowest BCUT2D eigenvalue weighted by Crippen LogP contribution is -2.02. The van der Waals surface area contributed by atoms with Crippen molar-refractivity contribution in [1.82, 2.24) is 4.98 Å². The Morgan fingerprint density at radius 2 is 1.72 bits per heavy atom. The Bertz CT molecular complexity index is 977. The molecule has 0 atom stereocenters. The molecule has 0 radical (unpaired) electrons. The van der Waals surface area contributed by atoms with Crippen molar-refractivity contribution in [2.75, 3.05) is 12.4 Å². The van der Waals surface area contributed by atoms with E-state index in [0.29, 0.717) is 5.69 Å². The van der Waals surface area contributed by atoms with Crippen molar-refractivity contribution < 1.29 is 14.3 Å². The van der Waals surface area contributed by atoms with Gasteiger partial charge in [0.05, 0.1) is 17.4 Å². The summed E-state index contributed by atoms with van der Waals surface area (Å²) in [5.41, 5.74) is 3.76. The summed E-state index contributed by atoms with van der Waals surface area (Å²) in [6, 6.07) is 14.9. The quantitative estimate of drug-likeness (QED) is 0.580. The first-order valence-electron chi connectivity index (χ1n) is 9.47. The molecule has 1 aliphatic rings. The third-order valence-electron chi connectivity index (χ3n) is 4.69. The van der Waals surface area contributed by atoms with E-state index < -0.39 is 5.97 Å². The molecular formula is C23H23FN2O2S. The summed E-state index contributed by atoms with van der Waals surface area (Å²) >= 11 is 1.70. The molecule has 1 heterocycles. The minimum atomic E-state index is -0.947. The number of rotatable bonds is 4. The van der Waals surface area contributed by atoms with Gasteiger partial charge in [-0.3, -0.25) is 4.98 Å². The van der Waals surface area contributed by atoms with Gasteiger partial charge in [0, 0.05) is 23.0 Å². The van der Waals surface area contributed by atoms with Gasteiger partial charge < -0.3 is 10.4 Å². The van der Waals surface area contributed by atoms with Crippen LogP contribution in [0.2, 0.25) is 0 Å². The number of nitrogens with one attached hydrogen (secondary N) is 1. The molecular weight excluding hydrogens is 387 g/mol. The van der Waals surface area contributed by atoms with Gasteiger partial charge in [0.1, 0.15) is 5.82 Å². The second-order valence-electron chi connectivity index (χ2n) is 6.67. The van der Waals surface area contributed by atoms with E-state index in [-0.39, 0.29) is 11.4 Å². The van der Waals surface area contributed by atoms with Crippen LogP contribution in [0.1, 0.15) is 34.3 Å². The second-order valence-corrected chi connectivity index (χ2v) is 7.82. The molecule has 6 heteroatoms. The van der Waals surface area contributed by atoms with E-state index in [1.165, 1.54) is 72.3 Å². The lowest BCUT2D eigenvalue weighted by Gasteiger charge is -2.16. The SMILES string of the molecule is CNc1cnccc1C(=O)O.Fc1ccc(Sc2ccc3c(c2)CCCC3)cc1. The predicted octanol–water partition coefficient (Wildman–Crippen LogP) is 5.68. The standard InChI is InChI=1S/C16H15FS.C7H8N2O2/c17-14-6-9-15(10-7-14)18-16-8-5-12-3-1-2-4-13(12)11-16;1-8-6-4-9-3-2-5(6)7(10)11/h5-11H,1-4H2;2-4,8H,1H3,(H,10,11). The highest BCUT2D eigenvalue weighted by molar-refractivity contribution is 7.99. The highest BCUT2D eigenvalue weighted by Gasteiger charge is 2.10. The molecule has 1 aliphatic carbocycles. The van der Waals surface area contributed by atoms with E-state index in [2.05, 4.69) is 28.5 Å². The summed E-state index contributed by atoms with van der Waals surface area (Å²) in [6.45, 7) is 0. The zero-order valence-electron chi connectivity index (χ0n) is 16.2. The smallest absolute Gasteiger partial charge is 0.337 e. The van der Waals surface area contributed by atoms with Crippen LogP contribution in [0, 0.1) is 5.82 Å². The number of carbonyl (C=O) groups is 1.